The molecule has 1 atom stereocenters. The molecule has 0 fully saturated rings. The van der Waals surface area contributed by atoms with Gasteiger partial charge in [-0.15, -0.1) is 0 Å². The highest BCUT2D eigenvalue weighted by molar-refractivity contribution is 5.39. The lowest BCUT2D eigenvalue weighted by Gasteiger charge is -2.23. The summed E-state index contributed by atoms with van der Waals surface area (Å²) in [7, 11) is 0. The molecule has 0 radical (unpaired) electrons. The van der Waals surface area contributed by atoms with Gasteiger partial charge in [-0.25, -0.2) is 0 Å². The van der Waals surface area contributed by atoms with Crippen molar-refractivity contribution in [3.8, 4) is 5.75 Å². The minimum Gasteiger partial charge on any atom is -0.484 e. The molecule has 2 N–H and O–H groups in total. The molecule has 0 aliphatic heterocycles. The Morgan fingerprint density at radius 2 is 1.81 bits per heavy atom. The molecule has 1 unspecified atom stereocenters. The van der Waals surface area contributed by atoms with Crippen LogP contribution in [0.4, 0.5) is 0 Å². The maximum absolute atomic E-state index is 6.10. The molecule has 2 aromatic rings. The van der Waals surface area contributed by atoms with Gasteiger partial charge in [0.05, 0.1) is 0 Å². The molecular weight excluding hydrogens is 260 g/mol. The zero-order chi connectivity index (χ0) is 15.5. The van der Waals surface area contributed by atoms with Crippen LogP contribution in [0.5, 0.6) is 5.75 Å². The first kappa shape index (κ1) is 15.5. The van der Waals surface area contributed by atoms with E-state index in [-0.39, 0.29) is 11.5 Å². The van der Waals surface area contributed by atoms with E-state index in [9.17, 15) is 0 Å². The van der Waals surface area contributed by atoms with Gasteiger partial charge in [-0.1, -0.05) is 32.9 Å². The maximum Gasteiger partial charge on any atom is 0.136 e. The predicted molar refractivity (Wildman–Crippen MR) is 86.5 cm³/mol. The van der Waals surface area contributed by atoms with E-state index >= 15 is 0 Å². The van der Waals surface area contributed by atoms with E-state index in [1.54, 1.807) is 12.4 Å². The number of aryl methyl sites for hydroxylation is 1. The highest BCUT2D eigenvalue weighted by Crippen LogP contribution is 2.30. The molecule has 2 rings (SSSR count). The summed E-state index contributed by atoms with van der Waals surface area (Å²) in [6.45, 7) is 9.14. The van der Waals surface area contributed by atoms with Gasteiger partial charge in [-0.2, -0.15) is 0 Å². The molecular formula is C18H24N2O. The van der Waals surface area contributed by atoms with Crippen molar-refractivity contribution in [1.82, 2.24) is 4.98 Å². The Balaban J connectivity index is 2.23. The zero-order valence-corrected chi connectivity index (χ0v) is 13.3. The molecule has 3 heteroatoms. The largest absolute Gasteiger partial charge is 0.484 e. The van der Waals surface area contributed by atoms with Gasteiger partial charge < -0.3 is 10.5 Å². The molecule has 112 valence electrons. The van der Waals surface area contributed by atoms with Crippen LogP contribution in [-0.2, 0) is 5.41 Å². The van der Waals surface area contributed by atoms with E-state index in [0.717, 1.165) is 16.9 Å². The van der Waals surface area contributed by atoms with Gasteiger partial charge in [0.1, 0.15) is 11.9 Å². The minimum atomic E-state index is -0.146. The molecule has 21 heavy (non-hydrogen) atoms. The Morgan fingerprint density at radius 3 is 2.33 bits per heavy atom. The summed E-state index contributed by atoms with van der Waals surface area (Å²) in [5.41, 5.74) is 9.49. The fourth-order valence-electron chi connectivity index (χ4n) is 2.23. The number of hydrogen-bond donors (Lipinski definition) is 1. The molecule has 0 spiro atoms. The standard InChI is InChI=1S/C18H24N2O/c1-13-11-15(18(2,3)4)5-6-16(13)21-17(12-19)14-7-9-20-10-8-14/h5-11,17H,12,19H2,1-4H3. The maximum atomic E-state index is 6.10. The summed E-state index contributed by atoms with van der Waals surface area (Å²) in [5, 5.41) is 0. The van der Waals surface area contributed by atoms with Gasteiger partial charge in [0.15, 0.2) is 0 Å². The number of benzene rings is 1. The van der Waals surface area contributed by atoms with Crippen molar-refractivity contribution < 1.29 is 4.74 Å². The Bertz CT molecular complexity index is 588. The van der Waals surface area contributed by atoms with Crippen molar-refractivity contribution in [2.24, 2.45) is 5.73 Å². The van der Waals surface area contributed by atoms with Crippen LogP contribution in [0.15, 0.2) is 42.7 Å². The molecule has 1 aromatic carbocycles. The van der Waals surface area contributed by atoms with Gasteiger partial charge >= 0.3 is 0 Å². The minimum absolute atomic E-state index is 0.141. The van der Waals surface area contributed by atoms with E-state index < -0.39 is 0 Å². The third kappa shape index (κ3) is 3.82. The van der Waals surface area contributed by atoms with E-state index in [1.165, 1.54) is 5.56 Å². The summed E-state index contributed by atoms with van der Waals surface area (Å²) < 4.78 is 6.10. The van der Waals surface area contributed by atoms with E-state index in [1.807, 2.05) is 18.2 Å². The van der Waals surface area contributed by atoms with Crippen LogP contribution < -0.4 is 10.5 Å². The highest BCUT2D eigenvalue weighted by atomic mass is 16.5. The summed E-state index contributed by atoms with van der Waals surface area (Å²) in [4.78, 5) is 4.03. The van der Waals surface area contributed by atoms with Gasteiger partial charge in [0, 0.05) is 18.9 Å². The third-order valence-corrected chi connectivity index (χ3v) is 3.60. The predicted octanol–water partition coefficient (Wildman–Crippen LogP) is 3.77. The monoisotopic (exact) mass is 284 g/mol. The van der Waals surface area contributed by atoms with Crippen molar-refractivity contribution in [3.63, 3.8) is 0 Å². The first-order valence-corrected chi connectivity index (χ1v) is 7.29. The topological polar surface area (TPSA) is 48.1 Å². The fourth-order valence-corrected chi connectivity index (χ4v) is 2.23. The summed E-state index contributed by atoms with van der Waals surface area (Å²) in [6, 6.07) is 10.2. The van der Waals surface area contributed by atoms with Crippen molar-refractivity contribution in [2.75, 3.05) is 6.54 Å². The Kier molecular flexibility index (Phi) is 4.63. The zero-order valence-electron chi connectivity index (χ0n) is 13.3. The smallest absolute Gasteiger partial charge is 0.136 e. The molecule has 1 heterocycles. The van der Waals surface area contributed by atoms with Crippen LogP contribution >= 0.6 is 0 Å². The van der Waals surface area contributed by atoms with Crippen molar-refractivity contribution in [1.29, 1.82) is 0 Å². The number of pyridine rings is 1. The average Bonchev–Trinajstić information content (AvgIpc) is 2.46. The van der Waals surface area contributed by atoms with Crippen molar-refractivity contribution in [2.45, 2.75) is 39.2 Å². The second-order valence-corrected chi connectivity index (χ2v) is 6.35. The first-order chi connectivity index (χ1) is 9.91. The summed E-state index contributed by atoms with van der Waals surface area (Å²) in [5.74, 6) is 0.885. The van der Waals surface area contributed by atoms with Crippen LogP contribution in [0.25, 0.3) is 0 Å². The van der Waals surface area contributed by atoms with Gasteiger partial charge in [0.25, 0.3) is 0 Å². The number of nitrogens with zero attached hydrogens (tertiary/aromatic N) is 1. The quantitative estimate of drug-likeness (QED) is 0.929. The van der Waals surface area contributed by atoms with Crippen LogP contribution in [0.1, 0.15) is 43.6 Å². The van der Waals surface area contributed by atoms with Gasteiger partial charge in [-0.3, -0.25) is 4.98 Å². The number of aromatic nitrogens is 1. The Hall–Kier alpha value is -1.87. The van der Waals surface area contributed by atoms with E-state index in [0.29, 0.717) is 6.54 Å². The molecule has 0 bridgehead atoms. The average molecular weight is 284 g/mol. The fraction of sp³-hybridized carbons (Fsp3) is 0.389. The lowest BCUT2D eigenvalue weighted by Crippen LogP contribution is -2.19. The van der Waals surface area contributed by atoms with Crippen molar-refractivity contribution in [3.05, 3.63) is 59.4 Å². The molecule has 0 aliphatic carbocycles. The molecule has 0 amide bonds. The normalized spacial score (nSPS) is 13.0. The van der Waals surface area contributed by atoms with E-state index in [4.69, 9.17) is 10.5 Å². The molecule has 0 aliphatic rings. The van der Waals surface area contributed by atoms with Crippen LogP contribution in [-0.4, -0.2) is 11.5 Å². The number of rotatable bonds is 4. The highest BCUT2D eigenvalue weighted by Gasteiger charge is 2.17. The summed E-state index contributed by atoms with van der Waals surface area (Å²) >= 11 is 0. The Morgan fingerprint density at radius 1 is 1.14 bits per heavy atom. The lowest BCUT2D eigenvalue weighted by atomic mass is 9.86. The number of nitrogens with two attached hydrogens (primary N) is 1. The molecule has 1 aromatic heterocycles. The lowest BCUT2D eigenvalue weighted by molar-refractivity contribution is 0.212. The molecule has 0 saturated carbocycles. The van der Waals surface area contributed by atoms with Crippen LogP contribution in [0, 0.1) is 6.92 Å². The van der Waals surface area contributed by atoms with Crippen molar-refractivity contribution >= 4 is 0 Å². The number of ether oxygens (including phenoxy) is 1. The van der Waals surface area contributed by atoms with E-state index in [2.05, 4.69) is 44.8 Å². The Labute approximate surface area is 127 Å². The third-order valence-electron chi connectivity index (χ3n) is 3.60. The van der Waals surface area contributed by atoms with Gasteiger partial charge in [0.2, 0.25) is 0 Å². The second kappa shape index (κ2) is 6.27. The van der Waals surface area contributed by atoms with Crippen LogP contribution in [0.3, 0.4) is 0 Å². The molecule has 0 saturated heterocycles. The molecule has 3 nitrogen and oxygen atoms in total. The first-order valence-electron chi connectivity index (χ1n) is 7.29. The van der Waals surface area contributed by atoms with Crippen LogP contribution in [0.2, 0.25) is 0 Å². The van der Waals surface area contributed by atoms with Gasteiger partial charge in [-0.05, 0) is 47.2 Å². The number of hydrogen-bond acceptors (Lipinski definition) is 3. The summed E-state index contributed by atoms with van der Waals surface area (Å²) in [6.07, 6.45) is 3.38. The second-order valence-electron chi connectivity index (χ2n) is 6.35. The SMILES string of the molecule is Cc1cc(C(C)(C)C)ccc1OC(CN)c1ccncc1.